The molecule has 0 aromatic heterocycles. The Hall–Kier alpha value is -0.710. The van der Waals surface area contributed by atoms with Gasteiger partial charge in [-0.1, -0.05) is 0 Å². The minimum atomic E-state index is -2.86. The molecule has 0 bridgehead atoms. The Kier molecular flexibility index (Phi) is 3.42. The van der Waals surface area contributed by atoms with Gasteiger partial charge < -0.3 is 10.6 Å². The zero-order chi connectivity index (χ0) is 10.8. The third kappa shape index (κ3) is 2.90. The van der Waals surface area contributed by atoms with E-state index < -0.39 is 12.0 Å². The van der Waals surface area contributed by atoms with Crippen molar-refractivity contribution in [1.29, 1.82) is 0 Å². The lowest BCUT2D eigenvalue weighted by Crippen LogP contribution is -2.46. The Balaban J connectivity index is 2.40. The number of hydrogen-bond donors (Lipinski definition) is 2. The molecule has 1 saturated heterocycles. The van der Waals surface area contributed by atoms with Crippen LogP contribution in [0.4, 0.5) is 8.78 Å². The van der Waals surface area contributed by atoms with Gasteiger partial charge in [-0.15, -0.1) is 0 Å². The quantitative estimate of drug-likeness (QED) is 0.715. The summed E-state index contributed by atoms with van der Waals surface area (Å²) >= 11 is 0. The summed E-state index contributed by atoms with van der Waals surface area (Å²) in [5.74, 6) is -3.29. The number of alkyl halides is 2. The molecule has 0 aromatic carbocycles. The van der Waals surface area contributed by atoms with Gasteiger partial charge in [-0.25, -0.2) is 8.78 Å². The Morgan fingerprint density at radius 2 is 2.29 bits per heavy atom. The number of hydrogen-bond acceptors (Lipinski definition) is 2. The summed E-state index contributed by atoms with van der Waals surface area (Å²) in [5.41, 5.74) is 0. The highest BCUT2D eigenvalue weighted by Gasteiger charge is 2.33. The van der Waals surface area contributed by atoms with Gasteiger partial charge in [0.05, 0.1) is 12.0 Å². The highest BCUT2D eigenvalue weighted by Crippen LogP contribution is 2.17. The minimum absolute atomic E-state index is 0.153. The fourth-order valence-corrected chi connectivity index (χ4v) is 1.34. The zero-order valence-corrected chi connectivity index (χ0v) is 8.44. The predicted octanol–water partition coefficient (Wildman–Crippen LogP) is 0.756. The first-order valence-corrected chi connectivity index (χ1v) is 4.80. The van der Waals surface area contributed by atoms with Crippen molar-refractivity contribution in [3.8, 4) is 0 Å². The second-order valence-electron chi connectivity index (χ2n) is 3.88. The molecule has 1 unspecified atom stereocenters. The first kappa shape index (κ1) is 11.4. The Labute approximate surface area is 82.2 Å². The molecule has 2 N–H and O–H groups in total. The maximum absolute atomic E-state index is 12.7. The van der Waals surface area contributed by atoms with Crippen LogP contribution in [0.2, 0.25) is 0 Å². The molecule has 0 radical (unpaired) electrons. The molecule has 2 atom stereocenters. The number of carbonyl (C=O) groups is 1. The molecule has 1 heterocycles. The summed E-state index contributed by atoms with van der Waals surface area (Å²) < 4.78 is 25.5. The minimum Gasteiger partial charge on any atom is -0.347 e. The van der Waals surface area contributed by atoms with Gasteiger partial charge in [0, 0.05) is 13.5 Å². The van der Waals surface area contributed by atoms with Gasteiger partial charge in [0.25, 0.3) is 5.92 Å². The monoisotopic (exact) mass is 206 g/mol. The summed E-state index contributed by atoms with van der Waals surface area (Å²) in [6, 6.07) is -1.10. The summed E-state index contributed by atoms with van der Waals surface area (Å²) in [6.45, 7) is 3.51. The van der Waals surface area contributed by atoms with Crippen LogP contribution < -0.4 is 10.6 Å². The second kappa shape index (κ2) is 4.21. The van der Waals surface area contributed by atoms with Gasteiger partial charge in [-0.05, 0) is 19.9 Å². The van der Waals surface area contributed by atoms with Crippen LogP contribution in [0.5, 0.6) is 0 Å². The van der Waals surface area contributed by atoms with Crippen molar-refractivity contribution >= 4 is 5.91 Å². The molecule has 0 spiro atoms. The average molecular weight is 206 g/mol. The molecule has 5 heteroatoms. The molecule has 0 aromatic rings. The summed E-state index contributed by atoms with van der Waals surface area (Å²) in [5, 5.41) is 5.35. The largest absolute Gasteiger partial charge is 0.347 e. The normalized spacial score (nSPS) is 24.7. The van der Waals surface area contributed by atoms with Crippen LogP contribution in [0, 0.1) is 5.92 Å². The van der Waals surface area contributed by atoms with Gasteiger partial charge >= 0.3 is 0 Å². The van der Waals surface area contributed by atoms with Crippen molar-refractivity contribution < 1.29 is 13.6 Å². The zero-order valence-electron chi connectivity index (χ0n) is 8.44. The van der Waals surface area contributed by atoms with E-state index >= 15 is 0 Å². The lowest BCUT2D eigenvalue weighted by molar-refractivity contribution is -0.128. The van der Waals surface area contributed by atoms with Crippen molar-refractivity contribution in [3.63, 3.8) is 0 Å². The van der Waals surface area contributed by atoms with Gasteiger partial charge in [-0.3, -0.25) is 4.79 Å². The van der Waals surface area contributed by atoms with Crippen molar-refractivity contribution in [3.05, 3.63) is 0 Å². The predicted molar refractivity (Wildman–Crippen MR) is 49.2 cm³/mol. The van der Waals surface area contributed by atoms with E-state index in [1.807, 2.05) is 0 Å². The lowest BCUT2D eigenvalue weighted by Gasteiger charge is -2.22. The third-order valence-corrected chi connectivity index (χ3v) is 2.55. The van der Waals surface area contributed by atoms with Gasteiger partial charge in [0.1, 0.15) is 0 Å². The van der Waals surface area contributed by atoms with Crippen molar-refractivity contribution in [1.82, 2.24) is 10.6 Å². The fraction of sp³-hybridized carbons (Fsp3) is 0.889. The van der Waals surface area contributed by atoms with Gasteiger partial charge in [-0.2, -0.15) is 0 Å². The van der Waals surface area contributed by atoms with Crippen LogP contribution in [0.3, 0.4) is 0 Å². The highest BCUT2D eigenvalue weighted by atomic mass is 19.3. The Morgan fingerprint density at radius 1 is 1.64 bits per heavy atom. The molecule has 1 amide bonds. The molecular formula is C9H16F2N2O. The van der Waals surface area contributed by atoms with Gasteiger partial charge in [0.15, 0.2) is 0 Å². The van der Waals surface area contributed by atoms with Crippen LogP contribution in [0.25, 0.3) is 0 Å². The standard InChI is InChI=1S/C9H16F2N2O/c1-6(9(2,10)11)13-8(14)7-3-4-12-5-7/h6-7,12H,3-5H2,1-2H3,(H,13,14)/t6?,7-/m0/s1. The average Bonchev–Trinajstić information content (AvgIpc) is 2.53. The summed E-state index contributed by atoms with van der Waals surface area (Å²) in [7, 11) is 0. The smallest absolute Gasteiger partial charge is 0.264 e. The number of halogens is 2. The van der Waals surface area contributed by atoms with Gasteiger partial charge in [0.2, 0.25) is 5.91 Å². The lowest BCUT2D eigenvalue weighted by atomic mass is 10.1. The molecular weight excluding hydrogens is 190 g/mol. The Bertz CT molecular complexity index is 209. The molecule has 3 nitrogen and oxygen atoms in total. The summed E-state index contributed by atoms with van der Waals surface area (Å²) in [6.07, 6.45) is 0.730. The van der Waals surface area contributed by atoms with Crippen molar-refractivity contribution in [2.45, 2.75) is 32.2 Å². The van der Waals surface area contributed by atoms with E-state index in [0.29, 0.717) is 6.54 Å². The van der Waals surface area contributed by atoms with Crippen LogP contribution >= 0.6 is 0 Å². The molecule has 82 valence electrons. The van der Waals surface area contributed by atoms with E-state index in [-0.39, 0.29) is 11.8 Å². The van der Waals surface area contributed by atoms with Crippen LogP contribution in [0.15, 0.2) is 0 Å². The Morgan fingerprint density at radius 3 is 2.71 bits per heavy atom. The molecule has 14 heavy (non-hydrogen) atoms. The number of amides is 1. The first-order chi connectivity index (χ1) is 6.41. The van der Waals surface area contributed by atoms with E-state index in [1.165, 1.54) is 6.92 Å². The topological polar surface area (TPSA) is 41.1 Å². The van der Waals surface area contributed by atoms with Crippen LogP contribution in [-0.2, 0) is 4.79 Å². The number of carbonyl (C=O) groups excluding carboxylic acids is 1. The van der Waals surface area contributed by atoms with Crippen LogP contribution in [-0.4, -0.2) is 31.0 Å². The molecule has 0 saturated carbocycles. The van der Waals surface area contributed by atoms with Crippen LogP contribution in [0.1, 0.15) is 20.3 Å². The second-order valence-corrected chi connectivity index (χ2v) is 3.88. The van der Waals surface area contributed by atoms with E-state index in [2.05, 4.69) is 10.6 Å². The molecule has 0 aliphatic carbocycles. The molecule has 1 fully saturated rings. The summed E-state index contributed by atoms with van der Waals surface area (Å²) in [4.78, 5) is 11.4. The maximum Gasteiger partial charge on any atom is 0.264 e. The van der Waals surface area contributed by atoms with E-state index in [9.17, 15) is 13.6 Å². The van der Waals surface area contributed by atoms with Crippen molar-refractivity contribution in [2.75, 3.05) is 13.1 Å². The first-order valence-electron chi connectivity index (χ1n) is 4.80. The van der Waals surface area contributed by atoms with E-state index in [0.717, 1.165) is 19.9 Å². The number of rotatable bonds is 3. The van der Waals surface area contributed by atoms with E-state index in [1.54, 1.807) is 0 Å². The number of nitrogens with one attached hydrogen (secondary N) is 2. The van der Waals surface area contributed by atoms with Crippen molar-refractivity contribution in [2.24, 2.45) is 5.92 Å². The molecule has 1 aliphatic heterocycles. The van der Waals surface area contributed by atoms with E-state index in [4.69, 9.17) is 0 Å². The fourth-order valence-electron chi connectivity index (χ4n) is 1.34. The SMILES string of the molecule is CC(NC(=O)[C@H]1CCNC1)C(C)(F)F. The third-order valence-electron chi connectivity index (χ3n) is 2.55. The molecule has 1 aliphatic rings. The highest BCUT2D eigenvalue weighted by molar-refractivity contribution is 5.79. The maximum atomic E-state index is 12.7. The molecule has 1 rings (SSSR count).